The van der Waals surface area contributed by atoms with E-state index in [-0.39, 0.29) is 0 Å². The number of benzene rings is 1. The Morgan fingerprint density at radius 2 is 2.18 bits per heavy atom. The zero-order valence-electron chi connectivity index (χ0n) is 11.0. The van der Waals surface area contributed by atoms with Gasteiger partial charge in [0, 0.05) is 36.9 Å². The standard InChI is InChI=1S/C13H21BrN2O/c1-10(9-17-4)16(3)13-7-12(14)6-5-11(13)8-15-2/h5-7,10,15H,8-9H2,1-4H3. The van der Waals surface area contributed by atoms with Gasteiger partial charge in [-0.2, -0.15) is 0 Å². The number of rotatable bonds is 6. The third-order valence-corrected chi connectivity index (χ3v) is 3.36. The second kappa shape index (κ2) is 6.99. The third-order valence-electron chi connectivity index (χ3n) is 2.86. The van der Waals surface area contributed by atoms with Crippen molar-refractivity contribution in [2.45, 2.75) is 19.5 Å². The number of likely N-dealkylation sites (N-methyl/N-ethyl adjacent to an activating group) is 1. The predicted octanol–water partition coefficient (Wildman–Crippen LogP) is 2.64. The van der Waals surface area contributed by atoms with E-state index in [2.05, 4.69) is 58.3 Å². The summed E-state index contributed by atoms with van der Waals surface area (Å²) >= 11 is 3.53. The van der Waals surface area contributed by atoms with Crippen molar-refractivity contribution < 1.29 is 4.74 Å². The molecule has 17 heavy (non-hydrogen) atoms. The number of hydrogen-bond acceptors (Lipinski definition) is 3. The highest BCUT2D eigenvalue weighted by Gasteiger charge is 2.13. The van der Waals surface area contributed by atoms with Gasteiger partial charge in [0.1, 0.15) is 0 Å². The minimum atomic E-state index is 0.352. The van der Waals surface area contributed by atoms with E-state index in [0.717, 1.165) is 17.6 Å². The Bertz CT molecular complexity index is 357. The van der Waals surface area contributed by atoms with Gasteiger partial charge in [-0.1, -0.05) is 22.0 Å². The van der Waals surface area contributed by atoms with Gasteiger partial charge in [0.25, 0.3) is 0 Å². The topological polar surface area (TPSA) is 24.5 Å². The molecule has 0 saturated carbocycles. The lowest BCUT2D eigenvalue weighted by Gasteiger charge is -2.28. The number of ether oxygens (including phenoxy) is 1. The van der Waals surface area contributed by atoms with Crippen molar-refractivity contribution >= 4 is 21.6 Å². The minimum Gasteiger partial charge on any atom is -0.383 e. The van der Waals surface area contributed by atoms with Crippen molar-refractivity contribution in [3.05, 3.63) is 28.2 Å². The molecular formula is C13H21BrN2O. The molecule has 3 nitrogen and oxygen atoms in total. The van der Waals surface area contributed by atoms with E-state index in [1.165, 1.54) is 11.3 Å². The summed E-state index contributed by atoms with van der Waals surface area (Å²) in [6, 6.07) is 6.72. The first kappa shape index (κ1) is 14.5. The molecule has 0 aliphatic heterocycles. The molecule has 0 aromatic heterocycles. The molecule has 1 aromatic carbocycles. The van der Waals surface area contributed by atoms with E-state index in [4.69, 9.17) is 4.74 Å². The van der Waals surface area contributed by atoms with Crippen LogP contribution in [-0.2, 0) is 11.3 Å². The Morgan fingerprint density at radius 1 is 1.47 bits per heavy atom. The van der Waals surface area contributed by atoms with Crippen molar-refractivity contribution in [3.63, 3.8) is 0 Å². The van der Waals surface area contributed by atoms with Gasteiger partial charge in [-0.25, -0.2) is 0 Å². The van der Waals surface area contributed by atoms with Gasteiger partial charge in [-0.3, -0.25) is 0 Å². The molecule has 0 amide bonds. The molecule has 1 aromatic rings. The molecular weight excluding hydrogens is 280 g/mol. The van der Waals surface area contributed by atoms with Crippen LogP contribution in [0.2, 0.25) is 0 Å². The van der Waals surface area contributed by atoms with Crippen LogP contribution in [0.3, 0.4) is 0 Å². The van der Waals surface area contributed by atoms with Gasteiger partial charge in [0.15, 0.2) is 0 Å². The van der Waals surface area contributed by atoms with Crippen molar-refractivity contribution in [2.24, 2.45) is 0 Å². The smallest absolute Gasteiger partial charge is 0.0663 e. The Balaban J connectivity index is 2.96. The van der Waals surface area contributed by atoms with Gasteiger partial charge in [0.2, 0.25) is 0 Å². The lowest BCUT2D eigenvalue weighted by Crippen LogP contribution is -2.33. The van der Waals surface area contributed by atoms with Crippen LogP contribution in [0.1, 0.15) is 12.5 Å². The second-order valence-corrected chi connectivity index (χ2v) is 5.13. The number of nitrogens with zero attached hydrogens (tertiary/aromatic N) is 1. The third kappa shape index (κ3) is 3.98. The highest BCUT2D eigenvalue weighted by atomic mass is 79.9. The summed E-state index contributed by atoms with van der Waals surface area (Å²) < 4.78 is 6.31. The van der Waals surface area contributed by atoms with E-state index >= 15 is 0 Å². The summed E-state index contributed by atoms with van der Waals surface area (Å²) in [5.41, 5.74) is 2.53. The number of nitrogens with one attached hydrogen (secondary N) is 1. The first-order chi connectivity index (χ1) is 8.10. The summed E-state index contributed by atoms with van der Waals surface area (Å²) in [5.74, 6) is 0. The fourth-order valence-electron chi connectivity index (χ4n) is 1.80. The van der Waals surface area contributed by atoms with Crippen LogP contribution in [0.15, 0.2) is 22.7 Å². The zero-order valence-corrected chi connectivity index (χ0v) is 12.5. The molecule has 1 N–H and O–H groups in total. The first-order valence-corrected chi connectivity index (χ1v) is 6.54. The van der Waals surface area contributed by atoms with Gasteiger partial charge in [-0.15, -0.1) is 0 Å². The Labute approximate surface area is 112 Å². The van der Waals surface area contributed by atoms with Gasteiger partial charge in [0.05, 0.1) is 6.61 Å². The second-order valence-electron chi connectivity index (χ2n) is 4.22. The van der Waals surface area contributed by atoms with E-state index in [1.54, 1.807) is 7.11 Å². The Morgan fingerprint density at radius 3 is 2.76 bits per heavy atom. The van der Waals surface area contributed by atoms with E-state index in [0.29, 0.717) is 6.04 Å². The van der Waals surface area contributed by atoms with Crippen LogP contribution in [0.4, 0.5) is 5.69 Å². The Kier molecular flexibility index (Phi) is 5.95. The molecule has 0 bridgehead atoms. The monoisotopic (exact) mass is 300 g/mol. The van der Waals surface area contributed by atoms with E-state index < -0.39 is 0 Å². The maximum Gasteiger partial charge on any atom is 0.0663 e. The number of hydrogen-bond donors (Lipinski definition) is 1. The highest BCUT2D eigenvalue weighted by Crippen LogP contribution is 2.25. The lowest BCUT2D eigenvalue weighted by molar-refractivity contribution is 0.183. The maximum absolute atomic E-state index is 5.21. The fraction of sp³-hybridized carbons (Fsp3) is 0.538. The zero-order chi connectivity index (χ0) is 12.8. The van der Waals surface area contributed by atoms with Crippen molar-refractivity contribution in [3.8, 4) is 0 Å². The average Bonchev–Trinajstić information content (AvgIpc) is 2.31. The van der Waals surface area contributed by atoms with E-state index in [1.807, 2.05) is 7.05 Å². The molecule has 0 aliphatic rings. The minimum absolute atomic E-state index is 0.352. The number of halogens is 1. The summed E-state index contributed by atoms with van der Waals surface area (Å²) in [6.07, 6.45) is 0. The lowest BCUT2D eigenvalue weighted by atomic mass is 10.1. The molecule has 0 heterocycles. The fourth-order valence-corrected chi connectivity index (χ4v) is 2.14. The Hall–Kier alpha value is -0.580. The quantitative estimate of drug-likeness (QED) is 0.874. The van der Waals surface area contributed by atoms with Crippen LogP contribution in [0.25, 0.3) is 0 Å². The van der Waals surface area contributed by atoms with Crippen LogP contribution in [-0.4, -0.2) is 33.9 Å². The molecule has 1 rings (SSSR count). The molecule has 4 heteroatoms. The molecule has 0 radical (unpaired) electrons. The summed E-state index contributed by atoms with van der Waals surface area (Å²) in [5, 5.41) is 3.20. The molecule has 0 saturated heterocycles. The molecule has 1 atom stereocenters. The van der Waals surface area contributed by atoms with Crippen molar-refractivity contribution in [2.75, 3.05) is 32.7 Å². The number of methoxy groups -OCH3 is 1. The molecule has 1 unspecified atom stereocenters. The van der Waals surface area contributed by atoms with Gasteiger partial charge in [-0.05, 0) is 31.7 Å². The largest absolute Gasteiger partial charge is 0.383 e. The van der Waals surface area contributed by atoms with Crippen LogP contribution < -0.4 is 10.2 Å². The summed E-state index contributed by atoms with van der Waals surface area (Å²) in [4.78, 5) is 2.25. The molecule has 0 spiro atoms. The summed E-state index contributed by atoms with van der Waals surface area (Å²) in [7, 11) is 5.80. The normalized spacial score (nSPS) is 12.5. The average molecular weight is 301 g/mol. The highest BCUT2D eigenvalue weighted by molar-refractivity contribution is 9.10. The maximum atomic E-state index is 5.21. The van der Waals surface area contributed by atoms with Gasteiger partial charge < -0.3 is 15.0 Å². The number of anilines is 1. The van der Waals surface area contributed by atoms with E-state index in [9.17, 15) is 0 Å². The molecule has 0 aliphatic carbocycles. The first-order valence-electron chi connectivity index (χ1n) is 5.75. The van der Waals surface area contributed by atoms with Crippen molar-refractivity contribution in [1.82, 2.24) is 5.32 Å². The molecule has 96 valence electrons. The SMILES string of the molecule is CNCc1ccc(Br)cc1N(C)C(C)COC. The summed E-state index contributed by atoms with van der Waals surface area (Å²) in [6.45, 7) is 3.75. The van der Waals surface area contributed by atoms with Crippen LogP contribution >= 0.6 is 15.9 Å². The van der Waals surface area contributed by atoms with Crippen molar-refractivity contribution in [1.29, 1.82) is 0 Å². The van der Waals surface area contributed by atoms with Crippen LogP contribution in [0.5, 0.6) is 0 Å². The molecule has 0 fully saturated rings. The van der Waals surface area contributed by atoms with Gasteiger partial charge >= 0.3 is 0 Å². The van der Waals surface area contributed by atoms with Crippen LogP contribution in [0, 0.1) is 0 Å². The predicted molar refractivity (Wildman–Crippen MR) is 76.6 cm³/mol.